The van der Waals surface area contributed by atoms with Gasteiger partial charge >= 0.3 is 0 Å². The number of anilines is 1. The molecule has 1 N–H and O–H groups in total. The zero-order valence-electron chi connectivity index (χ0n) is 13.4. The monoisotopic (exact) mass is 355 g/mol. The Hall–Kier alpha value is -2.17. The van der Waals surface area contributed by atoms with Crippen molar-refractivity contribution in [3.63, 3.8) is 0 Å². The van der Waals surface area contributed by atoms with Gasteiger partial charge < -0.3 is 0 Å². The summed E-state index contributed by atoms with van der Waals surface area (Å²) in [5, 5.41) is 8.06. The largest absolute Gasteiger partial charge is 0.253 e. The van der Waals surface area contributed by atoms with Crippen LogP contribution in [-0.2, 0) is 6.42 Å². The van der Waals surface area contributed by atoms with Crippen LogP contribution < -0.4 is 5.43 Å². The molecule has 3 rings (SSSR count). The third-order valence-electron chi connectivity index (χ3n) is 3.61. The molecule has 5 heteroatoms. The van der Waals surface area contributed by atoms with Gasteiger partial charge in [-0.25, -0.2) is 4.98 Å². The predicted molar refractivity (Wildman–Crippen MR) is 104 cm³/mol. The summed E-state index contributed by atoms with van der Waals surface area (Å²) in [5.74, 6) is 0. The first-order valence-corrected chi connectivity index (χ1v) is 9.07. The smallest absolute Gasteiger partial charge is 0.203 e. The minimum atomic E-state index is 0.727. The lowest BCUT2D eigenvalue weighted by Crippen LogP contribution is -2.05. The zero-order chi connectivity index (χ0) is 16.8. The molecule has 0 unspecified atom stereocenters. The van der Waals surface area contributed by atoms with Crippen molar-refractivity contribution >= 4 is 33.8 Å². The topological polar surface area (TPSA) is 37.3 Å². The van der Waals surface area contributed by atoms with Crippen LogP contribution in [0, 0.1) is 0 Å². The molecule has 0 radical (unpaired) electrons. The van der Waals surface area contributed by atoms with Crippen molar-refractivity contribution < 1.29 is 0 Å². The number of nitrogens with zero attached hydrogens (tertiary/aromatic N) is 2. The summed E-state index contributed by atoms with van der Waals surface area (Å²) in [7, 11) is 0. The third kappa shape index (κ3) is 4.43. The van der Waals surface area contributed by atoms with Crippen molar-refractivity contribution in [1.82, 2.24) is 4.98 Å². The molecule has 0 atom stereocenters. The second-order valence-electron chi connectivity index (χ2n) is 5.35. The van der Waals surface area contributed by atoms with E-state index in [2.05, 4.69) is 46.7 Å². The molecule has 0 aliphatic carbocycles. The predicted octanol–water partition coefficient (Wildman–Crippen LogP) is 5.88. The molecule has 1 aromatic heterocycles. The average Bonchev–Trinajstić information content (AvgIpc) is 3.09. The standard InChI is InChI=1S/C19H18ClN3S/c1-2-17(12-14-6-4-3-5-7-14)22-23-19-21-18(13-24-19)15-8-10-16(20)11-9-15/h3-11,13H,2,12H2,1H3,(H,21,23)/b22-17+. The molecule has 0 aliphatic rings. The van der Waals surface area contributed by atoms with Gasteiger partial charge in [0.25, 0.3) is 0 Å². The van der Waals surface area contributed by atoms with Crippen molar-refractivity contribution in [3.8, 4) is 11.3 Å². The number of thiazole rings is 1. The minimum absolute atomic E-state index is 0.727. The molecule has 0 spiro atoms. The van der Waals surface area contributed by atoms with Crippen LogP contribution in [0.3, 0.4) is 0 Å². The summed E-state index contributed by atoms with van der Waals surface area (Å²) in [5.41, 5.74) is 7.43. The van der Waals surface area contributed by atoms with Crippen LogP contribution in [0.2, 0.25) is 5.02 Å². The first-order valence-electron chi connectivity index (χ1n) is 7.81. The fourth-order valence-corrected chi connectivity index (χ4v) is 3.07. The molecule has 0 saturated heterocycles. The van der Waals surface area contributed by atoms with E-state index < -0.39 is 0 Å². The number of hydrogen-bond donors (Lipinski definition) is 1. The number of benzene rings is 2. The molecule has 0 saturated carbocycles. The Morgan fingerprint density at radius 2 is 1.88 bits per heavy atom. The number of rotatable bonds is 6. The number of hydrazone groups is 1. The molecule has 122 valence electrons. The third-order valence-corrected chi connectivity index (χ3v) is 4.61. The highest BCUT2D eigenvalue weighted by Crippen LogP contribution is 2.26. The van der Waals surface area contributed by atoms with E-state index >= 15 is 0 Å². The second kappa shape index (κ2) is 8.08. The van der Waals surface area contributed by atoms with Crippen LogP contribution in [0.25, 0.3) is 11.3 Å². The lowest BCUT2D eigenvalue weighted by Gasteiger charge is -2.04. The maximum Gasteiger partial charge on any atom is 0.203 e. The van der Waals surface area contributed by atoms with Gasteiger partial charge in [0.05, 0.1) is 5.69 Å². The zero-order valence-corrected chi connectivity index (χ0v) is 14.9. The van der Waals surface area contributed by atoms with Crippen LogP contribution in [-0.4, -0.2) is 10.7 Å². The van der Waals surface area contributed by atoms with E-state index in [4.69, 9.17) is 11.6 Å². The molecule has 24 heavy (non-hydrogen) atoms. The lowest BCUT2D eigenvalue weighted by atomic mass is 10.1. The Morgan fingerprint density at radius 3 is 2.58 bits per heavy atom. The summed E-state index contributed by atoms with van der Waals surface area (Å²) < 4.78 is 0. The number of aromatic nitrogens is 1. The van der Waals surface area contributed by atoms with E-state index in [1.165, 1.54) is 5.56 Å². The first kappa shape index (κ1) is 16.7. The van der Waals surface area contributed by atoms with Gasteiger partial charge in [0.2, 0.25) is 5.13 Å². The second-order valence-corrected chi connectivity index (χ2v) is 6.65. The SMILES string of the molecule is CC/C(Cc1ccccc1)=N\Nc1nc(-c2ccc(Cl)cc2)cs1. The molecule has 2 aromatic carbocycles. The van der Waals surface area contributed by atoms with E-state index in [9.17, 15) is 0 Å². The maximum absolute atomic E-state index is 5.92. The Morgan fingerprint density at radius 1 is 1.12 bits per heavy atom. The molecular weight excluding hydrogens is 338 g/mol. The Bertz CT molecular complexity index is 810. The highest BCUT2D eigenvalue weighted by molar-refractivity contribution is 7.14. The Labute approximate surface area is 151 Å². The van der Waals surface area contributed by atoms with E-state index in [0.29, 0.717) is 0 Å². The molecule has 0 bridgehead atoms. The summed E-state index contributed by atoms with van der Waals surface area (Å²) in [6.45, 7) is 2.12. The number of halogens is 1. The molecule has 3 nitrogen and oxygen atoms in total. The van der Waals surface area contributed by atoms with Crippen LogP contribution in [0.1, 0.15) is 18.9 Å². The molecular formula is C19H18ClN3S. The van der Waals surface area contributed by atoms with Gasteiger partial charge in [0, 0.05) is 28.1 Å². The quantitative estimate of drug-likeness (QED) is 0.442. The van der Waals surface area contributed by atoms with Crippen molar-refractivity contribution in [2.75, 3.05) is 5.43 Å². The molecule has 3 aromatic rings. The van der Waals surface area contributed by atoms with Crippen LogP contribution in [0.4, 0.5) is 5.13 Å². The van der Waals surface area contributed by atoms with Crippen molar-refractivity contribution in [3.05, 3.63) is 70.6 Å². The summed E-state index contributed by atoms with van der Waals surface area (Å²) in [6, 6.07) is 18.0. The fourth-order valence-electron chi connectivity index (χ4n) is 2.28. The van der Waals surface area contributed by atoms with Gasteiger partial charge in [0.1, 0.15) is 0 Å². The van der Waals surface area contributed by atoms with E-state index in [1.54, 1.807) is 11.3 Å². The van der Waals surface area contributed by atoms with E-state index in [-0.39, 0.29) is 0 Å². The molecule has 0 fully saturated rings. The van der Waals surface area contributed by atoms with Gasteiger partial charge in [-0.15, -0.1) is 11.3 Å². The number of hydrogen-bond acceptors (Lipinski definition) is 4. The van der Waals surface area contributed by atoms with Gasteiger partial charge in [-0.05, 0) is 24.1 Å². The molecule has 1 heterocycles. The van der Waals surface area contributed by atoms with Gasteiger partial charge in [-0.1, -0.05) is 61.0 Å². The first-order chi connectivity index (χ1) is 11.7. The minimum Gasteiger partial charge on any atom is -0.253 e. The van der Waals surface area contributed by atoms with Gasteiger partial charge in [0.15, 0.2) is 0 Å². The van der Waals surface area contributed by atoms with E-state index in [0.717, 1.165) is 40.0 Å². The van der Waals surface area contributed by atoms with Crippen LogP contribution >= 0.6 is 22.9 Å². The Balaban J connectivity index is 1.68. The van der Waals surface area contributed by atoms with Crippen molar-refractivity contribution in [2.24, 2.45) is 5.10 Å². The molecule has 0 amide bonds. The van der Waals surface area contributed by atoms with Crippen LogP contribution in [0.15, 0.2) is 65.1 Å². The maximum atomic E-state index is 5.92. The summed E-state index contributed by atoms with van der Waals surface area (Å²) >= 11 is 7.47. The highest BCUT2D eigenvalue weighted by atomic mass is 35.5. The summed E-state index contributed by atoms with van der Waals surface area (Å²) in [6.07, 6.45) is 1.75. The lowest BCUT2D eigenvalue weighted by molar-refractivity contribution is 1.14. The molecule has 0 aliphatic heterocycles. The number of nitrogens with one attached hydrogen (secondary N) is 1. The van der Waals surface area contributed by atoms with Gasteiger partial charge in [-0.3, -0.25) is 5.43 Å². The normalized spacial score (nSPS) is 11.5. The van der Waals surface area contributed by atoms with Gasteiger partial charge in [-0.2, -0.15) is 5.10 Å². The Kier molecular flexibility index (Phi) is 5.62. The average molecular weight is 356 g/mol. The van der Waals surface area contributed by atoms with Crippen LogP contribution in [0.5, 0.6) is 0 Å². The van der Waals surface area contributed by atoms with Crippen molar-refractivity contribution in [2.45, 2.75) is 19.8 Å². The van der Waals surface area contributed by atoms with Crippen molar-refractivity contribution in [1.29, 1.82) is 0 Å². The summed E-state index contributed by atoms with van der Waals surface area (Å²) in [4.78, 5) is 4.58. The highest BCUT2D eigenvalue weighted by Gasteiger charge is 2.05. The van der Waals surface area contributed by atoms with E-state index in [1.807, 2.05) is 35.7 Å². The fraction of sp³-hybridized carbons (Fsp3) is 0.158.